The minimum Gasteiger partial charge on any atom is -0.373 e. The molecule has 0 aromatic carbocycles. The van der Waals surface area contributed by atoms with Crippen LogP contribution in [0.2, 0.25) is 0 Å². The quantitative estimate of drug-likeness (QED) is 0.923. The molecule has 0 spiro atoms. The maximum atomic E-state index is 9.06. The van der Waals surface area contributed by atoms with Crippen LogP contribution in [0.1, 0.15) is 30.2 Å². The molecule has 1 aliphatic rings. The van der Waals surface area contributed by atoms with Crippen molar-refractivity contribution in [3.63, 3.8) is 0 Å². The van der Waals surface area contributed by atoms with Gasteiger partial charge in [-0.2, -0.15) is 10.4 Å². The molecule has 1 saturated heterocycles. The van der Waals surface area contributed by atoms with Crippen molar-refractivity contribution in [2.24, 2.45) is 13.0 Å². The van der Waals surface area contributed by atoms with Gasteiger partial charge in [-0.1, -0.05) is 0 Å². The molecular weight excluding hydrogens is 280 g/mol. The third kappa shape index (κ3) is 3.07. The van der Waals surface area contributed by atoms with E-state index in [1.165, 1.54) is 6.20 Å². The average molecular weight is 298 g/mol. The Bertz CT molecular complexity index is 677. The van der Waals surface area contributed by atoms with Gasteiger partial charge in [0.15, 0.2) is 11.5 Å². The van der Waals surface area contributed by atoms with E-state index in [1.807, 2.05) is 25.5 Å². The molecule has 114 valence electrons. The van der Waals surface area contributed by atoms with Crippen molar-refractivity contribution < 1.29 is 4.74 Å². The summed E-state index contributed by atoms with van der Waals surface area (Å²) in [6.07, 6.45) is 9.07. The number of ether oxygens (including phenoxy) is 1. The number of hydrogen-bond acceptors (Lipinski definition) is 6. The summed E-state index contributed by atoms with van der Waals surface area (Å²) in [4.78, 5) is 8.19. The monoisotopic (exact) mass is 298 g/mol. The zero-order valence-corrected chi connectivity index (χ0v) is 12.4. The molecular formula is C15H18N6O. The summed E-state index contributed by atoms with van der Waals surface area (Å²) in [5.74, 6) is 0.840. The number of hydrogen-bond donors (Lipinski definition) is 1. The van der Waals surface area contributed by atoms with Crippen molar-refractivity contribution in [2.45, 2.75) is 18.9 Å². The first-order chi connectivity index (χ1) is 10.8. The minimum atomic E-state index is 0.0251. The van der Waals surface area contributed by atoms with Gasteiger partial charge >= 0.3 is 0 Å². The molecule has 0 saturated carbocycles. The summed E-state index contributed by atoms with van der Waals surface area (Å²) in [7, 11) is 1.90. The molecule has 1 aliphatic heterocycles. The van der Waals surface area contributed by atoms with E-state index in [0.717, 1.165) is 25.0 Å². The second-order valence-electron chi connectivity index (χ2n) is 5.39. The Morgan fingerprint density at radius 3 is 3.09 bits per heavy atom. The van der Waals surface area contributed by atoms with Gasteiger partial charge in [-0.05, 0) is 12.8 Å². The van der Waals surface area contributed by atoms with E-state index in [4.69, 9.17) is 10.00 Å². The van der Waals surface area contributed by atoms with E-state index in [-0.39, 0.29) is 6.10 Å². The van der Waals surface area contributed by atoms with Crippen LogP contribution in [0.4, 0.5) is 5.82 Å². The third-order valence-electron chi connectivity index (χ3n) is 3.83. The zero-order valence-electron chi connectivity index (χ0n) is 12.4. The third-order valence-corrected chi connectivity index (χ3v) is 3.83. The summed E-state index contributed by atoms with van der Waals surface area (Å²) in [5.41, 5.74) is 1.41. The summed E-state index contributed by atoms with van der Waals surface area (Å²) >= 11 is 0. The first-order valence-electron chi connectivity index (χ1n) is 7.33. The van der Waals surface area contributed by atoms with Crippen LogP contribution in [0.15, 0.2) is 24.8 Å². The average Bonchev–Trinajstić information content (AvgIpc) is 3.00. The van der Waals surface area contributed by atoms with E-state index in [2.05, 4.69) is 20.4 Å². The van der Waals surface area contributed by atoms with Gasteiger partial charge in [0.1, 0.15) is 6.07 Å². The highest BCUT2D eigenvalue weighted by molar-refractivity contribution is 5.46. The number of nitrogens with one attached hydrogen (secondary N) is 1. The molecule has 3 rings (SSSR count). The fourth-order valence-corrected chi connectivity index (χ4v) is 2.78. The normalized spacial score (nSPS) is 21.3. The highest BCUT2D eigenvalue weighted by atomic mass is 16.5. The lowest BCUT2D eigenvalue weighted by molar-refractivity contribution is -0.0239. The lowest BCUT2D eigenvalue weighted by Crippen LogP contribution is -2.28. The zero-order chi connectivity index (χ0) is 15.4. The molecule has 2 atom stereocenters. The van der Waals surface area contributed by atoms with Crippen LogP contribution in [0.3, 0.4) is 0 Å². The number of rotatable bonds is 4. The highest BCUT2D eigenvalue weighted by Crippen LogP contribution is 2.33. The lowest BCUT2D eigenvalue weighted by Gasteiger charge is -2.31. The number of aromatic nitrogens is 4. The molecule has 0 amide bonds. The number of aryl methyl sites for hydroxylation is 1. The summed E-state index contributed by atoms with van der Waals surface area (Å²) in [5, 5.41) is 16.5. The maximum Gasteiger partial charge on any atom is 0.182 e. The standard InChI is InChI=1S/C15H18N6O/c1-21-10-12(9-20-21)14-11(3-2-6-22-14)8-19-15-13(7-16)17-4-5-18-15/h4-5,9-11,14H,2-3,6,8H2,1H3,(H,18,19)/t11-,14+/m0/s1. The Hall–Kier alpha value is -2.46. The Labute approximate surface area is 129 Å². The van der Waals surface area contributed by atoms with Crippen LogP contribution in [-0.4, -0.2) is 32.9 Å². The highest BCUT2D eigenvalue weighted by Gasteiger charge is 2.28. The Morgan fingerprint density at radius 1 is 1.45 bits per heavy atom. The summed E-state index contributed by atoms with van der Waals surface area (Å²) < 4.78 is 7.73. The van der Waals surface area contributed by atoms with Crippen LogP contribution >= 0.6 is 0 Å². The molecule has 2 aromatic rings. The number of nitrogens with zero attached hydrogens (tertiary/aromatic N) is 5. The van der Waals surface area contributed by atoms with Crippen LogP contribution in [0.5, 0.6) is 0 Å². The van der Waals surface area contributed by atoms with Crippen molar-refractivity contribution in [3.05, 3.63) is 36.0 Å². The molecule has 3 heterocycles. The topological polar surface area (TPSA) is 88.6 Å². The minimum absolute atomic E-state index is 0.0251. The van der Waals surface area contributed by atoms with Gasteiger partial charge in [0, 0.05) is 50.3 Å². The molecule has 0 radical (unpaired) electrons. The second kappa shape index (κ2) is 6.54. The van der Waals surface area contributed by atoms with Gasteiger partial charge in [-0.25, -0.2) is 9.97 Å². The Kier molecular flexibility index (Phi) is 4.30. The summed E-state index contributed by atoms with van der Waals surface area (Å²) in [6, 6.07) is 2.05. The molecule has 7 nitrogen and oxygen atoms in total. The Balaban J connectivity index is 1.71. The molecule has 2 aromatic heterocycles. The largest absolute Gasteiger partial charge is 0.373 e. The second-order valence-corrected chi connectivity index (χ2v) is 5.39. The van der Waals surface area contributed by atoms with Crippen molar-refractivity contribution in [1.82, 2.24) is 19.7 Å². The fraction of sp³-hybridized carbons (Fsp3) is 0.467. The van der Waals surface area contributed by atoms with E-state index in [0.29, 0.717) is 24.0 Å². The predicted molar refractivity (Wildman–Crippen MR) is 79.9 cm³/mol. The van der Waals surface area contributed by atoms with Gasteiger partial charge < -0.3 is 10.1 Å². The SMILES string of the molecule is Cn1cc([C@@H]2OCCC[C@H]2CNc2nccnc2C#N)cn1. The fourth-order valence-electron chi connectivity index (χ4n) is 2.78. The van der Waals surface area contributed by atoms with E-state index < -0.39 is 0 Å². The van der Waals surface area contributed by atoms with Gasteiger partial charge in [0.2, 0.25) is 0 Å². The van der Waals surface area contributed by atoms with Crippen molar-refractivity contribution in [2.75, 3.05) is 18.5 Å². The van der Waals surface area contributed by atoms with E-state index in [1.54, 1.807) is 10.9 Å². The molecule has 22 heavy (non-hydrogen) atoms. The van der Waals surface area contributed by atoms with Gasteiger partial charge in [0.05, 0.1) is 12.3 Å². The van der Waals surface area contributed by atoms with Crippen LogP contribution in [0.25, 0.3) is 0 Å². The molecule has 0 aliphatic carbocycles. The van der Waals surface area contributed by atoms with Gasteiger partial charge in [-0.3, -0.25) is 4.68 Å². The molecule has 7 heteroatoms. The van der Waals surface area contributed by atoms with Gasteiger partial charge in [0.25, 0.3) is 0 Å². The van der Waals surface area contributed by atoms with Crippen LogP contribution in [0, 0.1) is 17.2 Å². The maximum absolute atomic E-state index is 9.06. The number of nitriles is 1. The molecule has 1 fully saturated rings. The Morgan fingerprint density at radius 2 is 2.32 bits per heavy atom. The van der Waals surface area contributed by atoms with Crippen molar-refractivity contribution >= 4 is 5.82 Å². The first-order valence-corrected chi connectivity index (χ1v) is 7.33. The van der Waals surface area contributed by atoms with Crippen molar-refractivity contribution in [1.29, 1.82) is 5.26 Å². The van der Waals surface area contributed by atoms with Crippen LogP contribution in [-0.2, 0) is 11.8 Å². The molecule has 0 unspecified atom stereocenters. The van der Waals surface area contributed by atoms with Crippen LogP contribution < -0.4 is 5.32 Å². The van der Waals surface area contributed by atoms with Crippen molar-refractivity contribution in [3.8, 4) is 6.07 Å². The molecule has 0 bridgehead atoms. The van der Waals surface area contributed by atoms with E-state index >= 15 is 0 Å². The van der Waals surface area contributed by atoms with Gasteiger partial charge in [-0.15, -0.1) is 0 Å². The predicted octanol–water partition coefficient (Wildman–Crippen LogP) is 1.66. The van der Waals surface area contributed by atoms with E-state index in [9.17, 15) is 0 Å². The lowest BCUT2D eigenvalue weighted by atomic mass is 9.91. The first kappa shape index (κ1) is 14.5. The summed E-state index contributed by atoms with van der Waals surface area (Å²) in [6.45, 7) is 1.46. The number of anilines is 1. The smallest absolute Gasteiger partial charge is 0.182 e. The molecule has 1 N–H and O–H groups in total.